The van der Waals surface area contributed by atoms with Gasteiger partial charge in [0.1, 0.15) is 19.3 Å². The molecule has 0 aromatic carbocycles. The summed E-state index contributed by atoms with van der Waals surface area (Å²) >= 11 is 0. The van der Waals surface area contributed by atoms with E-state index in [1.54, 1.807) is 0 Å². The summed E-state index contributed by atoms with van der Waals surface area (Å²) in [7, 11) is 1.61. The molecular formula is C53H93NO7P+. The first-order chi connectivity index (χ1) is 30.1. The molecule has 2 unspecified atom stereocenters. The molecule has 0 aliphatic heterocycles. The maximum atomic E-state index is 12.7. The lowest BCUT2D eigenvalue weighted by atomic mass is 10.1. The number of esters is 1. The Hall–Kier alpha value is -2.58. The monoisotopic (exact) mass is 887 g/mol. The molecule has 1 N–H and O–H groups in total. The fraction of sp³-hybridized carbons (Fsp3) is 0.679. The number of phosphoric ester groups is 1. The van der Waals surface area contributed by atoms with Crippen LogP contribution >= 0.6 is 7.82 Å². The van der Waals surface area contributed by atoms with E-state index in [1.165, 1.54) is 83.5 Å². The highest BCUT2D eigenvalue weighted by Crippen LogP contribution is 2.43. The molecule has 62 heavy (non-hydrogen) atoms. The minimum absolute atomic E-state index is 0.0713. The highest BCUT2D eigenvalue weighted by Gasteiger charge is 2.26. The van der Waals surface area contributed by atoms with Crippen LogP contribution in [-0.4, -0.2) is 75.6 Å². The molecule has 0 bridgehead atoms. The SMILES string of the molecule is CC/C=C\C/C=C\C/C=C\C/C=C\C/C=C\C/C=C\C/C=C\CCCC(=O)OC(COCCCCCCCC/C=C\CCCCCCCCC)COP(=O)(O)OCC[N+](C)(C)C. The molecule has 0 heterocycles. The van der Waals surface area contributed by atoms with E-state index >= 15 is 0 Å². The van der Waals surface area contributed by atoms with Crippen molar-refractivity contribution in [3.63, 3.8) is 0 Å². The number of likely N-dealkylation sites (N-methyl/N-ethyl adjacent to an activating group) is 1. The standard InChI is InChI=1S/C53H92NO7P/c1-6-8-10-12-14-16-18-20-22-24-25-26-27-28-29-30-32-34-36-38-40-42-44-46-53(55)61-52(51-60-62(56,57)59-49-47-54(3,4)5)50-58-48-45-43-41-39-37-35-33-31-23-21-19-17-15-13-11-9-7-2/h8,10,14,16,20,22-23,25-26,28-29,31-32,34,38,40,52H,6-7,9,11-13,15,17-19,21,24,27,30,33,35-37,39,41-51H2,1-5H3/p+1/b10-8-,16-14-,22-20-,26-25-,29-28-,31-23-,34-32-,40-38-. The van der Waals surface area contributed by atoms with Gasteiger partial charge in [-0.1, -0.05) is 175 Å². The Bertz CT molecular complexity index is 1310. The van der Waals surface area contributed by atoms with Crippen LogP contribution in [0.15, 0.2) is 97.2 Å². The summed E-state index contributed by atoms with van der Waals surface area (Å²) in [6, 6.07) is 0. The molecule has 0 aromatic rings. The number of quaternary nitrogens is 1. The van der Waals surface area contributed by atoms with Crippen molar-refractivity contribution < 1.29 is 37.3 Å². The Morgan fingerprint density at radius 1 is 0.516 bits per heavy atom. The molecule has 9 heteroatoms. The third-order valence-corrected chi connectivity index (χ3v) is 10.9. The minimum atomic E-state index is -4.30. The van der Waals surface area contributed by atoms with Crippen molar-refractivity contribution in [3.05, 3.63) is 97.2 Å². The molecule has 0 aromatic heterocycles. The van der Waals surface area contributed by atoms with E-state index in [0.29, 0.717) is 24.1 Å². The summed E-state index contributed by atoms with van der Waals surface area (Å²) in [5.74, 6) is -0.376. The second-order valence-electron chi connectivity index (χ2n) is 17.1. The molecule has 0 aliphatic carbocycles. The van der Waals surface area contributed by atoms with Gasteiger partial charge in [-0.3, -0.25) is 13.8 Å². The van der Waals surface area contributed by atoms with Crippen molar-refractivity contribution >= 4 is 13.8 Å². The van der Waals surface area contributed by atoms with Crippen LogP contribution in [0.1, 0.15) is 174 Å². The predicted octanol–water partition coefficient (Wildman–Crippen LogP) is 15.0. The Labute approximate surface area is 381 Å². The molecule has 0 aliphatic rings. The van der Waals surface area contributed by atoms with Gasteiger partial charge in [0, 0.05) is 13.0 Å². The first kappa shape index (κ1) is 59.4. The molecule has 0 rings (SSSR count). The number of rotatable bonds is 44. The van der Waals surface area contributed by atoms with Crippen LogP contribution in [0.5, 0.6) is 0 Å². The zero-order chi connectivity index (χ0) is 45.5. The molecule has 2 atom stereocenters. The van der Waals surface area contributed by atoms with E-state index in [1.807, 2.05) is 21.1 Å². The van der Waals surface area contributed by atoms with E-state index in [2.05, 4.69) is 111 Å². The molecular weight excluding hydrogens is 794 g/mol. The zero-order valence-corrected chi connectivity index (χ0v) is 41.2. The summed E-state index contributed by atoms with van der Waals surface area (Å²) in [6.45, 7) is 5.40. The Kier molecular flexibility index (Phi) is 43.1. The van der Waals surface area contributed by atoms with E-state index in [-0.39, 0.29) is 32.2 Å². The van der Waals surface area contributed by atoms with Gasteiger partial charge in [-0.05, 0) is 89.9 Å². The summed E-state index contributed by atoms with van der Waals surface area (Å²) in [5.41, 5.74) is 0. The smallest absolute Gasteiger partial charge is 0.457 e. The number of hydrogen-bond acceptors (Lipinski definition) is 6. The van der Waals surface area contributed by atoms with E-state index in [4.69, 9.17) is 18.5 Å². The first-order valence-corrected chi connectivity index (χ1v) is 26.0. The quantitative estimate of drug-likeness (QED) is 0.0214. The zero-order valence-electron chi connectivity index (χ0n) is 40.3. The van der Waals surface area contributed by atoms with Crippen molar-refractivity contribution in [1.29, 1.82) is 0 Å². The second kappa shape index (κ2) is 45.0. The topological polar surface area (TPSA) is 91.3 Å². The van der Waals surface area contributed by atoms with Gasteiger partial charge in [0.05, 0.1) is 34.4 Å². The van der Waals surface area contributed by atoms with Gasteiger partial charge in [0.25, 0.3) is 0 Å². The third kappa shape index (κ3) is 48.5. The lowest BCUT2D eigenvalue weighted by molar-refractivity contribution is -0.870. The molecule has 0 amide bonds. The van der Waals surface area contributed by atoms with Crippen molar-refractivity contribution in [2.75, 3.05) is 54.1 Å². The minimum Gasteiger partial charge on any atom is -0.457 e. The summed E-state index contributed by atoms with van der Waals surface area (Å²) in [6.07, 6.45) is 61.7. The fourth-order valence-electron chi connectivity index (χ4n) is 6.12. The Morgan fingerprint density at radius 2 is 0.935 bits per heavy atom. The van der Waals surface area contributed by atoms with Gasteiger partial charge in [0.15, 0.2) is 0 Å². The van der Waals surface area contributed by atoms with Crippen LogP contribution in [0.3, 0.4) is 0 Å². The predicted molar refractivity (Wildman–Crippen MR) is 265 cm³/mol. The highest BCUT2D eigenvalue weighted by molar-refractivity contribution is 7.47. The molecule has 0 saturated carbocycles. The number of carbonyl (C=O) groups is 1. The lowest BCUT2D eigenvalue weighted by Crippen LogP contribution is -2.37. The fourth-order valence-corrected chi connectivity index (χ4v) is 6.87. The second-order valence-corrected chi connectivity index (χ2v) is 18.6. The van der Waals surface area contributed by atoms with Gasteiger partial charge >= 0.3 is 13.8 Å². The van der Waals surface area contributed by atoms with Crippen molar-refractivity contribution in [2.45, 2.75) is 180 Å². The Morgan fingerprint density at radius 3 is 1.42 bits per heavy atom. The number of nitrogens with zero attached hydrogens (tertiary/aromatic N) is 1. The molecule has 8 nitrogen and oxygen atoms in total. The van der Waals surface area contributed by atoms with Crippen LogP contribution in [0, 0.1) is 0 Å². The molecule has 0 radical (unpaired) electrons. The van der Waals surface area contributed by atoms with Crippen molar-refractivity contribution in [1.82, 2.24) is 0 Å². The molecule has 0 saturated heterocycles. The van der Waals surface area contributed by atoms with E-state index in [9.17, 15) is 14.3 Å². The van der Waals surface area contributed by atoms with Crippen LogP contribution in [0.25, 0.3) is 0 Å². The average molecular weight is 887 g/mol. The maximum absolute atomic E-state index is 12.7. The number of phosphoric acid groups is 1. The van der Waals surface area contributed by atoms with Crippen molar-refractivity contribution in [2.24, 2.45) is 0 Å². The maximum Gasteiger partial charge on any atom is 0.472 e. The molecule has 356 valence electrons. The normalized spacial score (nSPS) is 14.5. The van der Waals surface area contributed by atoms with E-state index in [0.717, 1.165) is 64.2 Å². The van der Waals surface area contributed by atoms with Gasteiger partial charge in [-0.2, -0.15) is 0 Å². The summed E-state index contributed by atoms with van der Waals surface area (Å²) in [5, 5.41) is 0. The third-order valence-electron chi connectivity index (χ3n) is 9.88. The number of allylic oxidation sites excluding steroid dienone is 16. The van der Waals surface area contributed by atoms with E-state index < -0.39 is 13.9 Å². The molecule has 0 spiro atoms. The van der Waals surface area contributed by atoms with Crippen molar-refractivity contribution in [3.8, 4) is 0 Å². The number of unbranched alkanes of at least 4 members (excludes halogenated alkanes) is 14. The van der Waals surface area contributed by atoms with Crippen LogP contribution < -0.4 is 0 Å². The number of ether oxygens (including phenoxy) is 2. The first-order valence-electron chi connectivity index (χ1n) is 24.5. The van der Waals surface area contributed by atoms with Gasteiger partial charge in [0.2, 0.25) is 0 Å². The Balaban J connectivity index is 4.33. The average Bonchev–Trinajstić information content (AvgIpc) is 3.23. The van der Waals surface area contributed by atoms with Crippen LogP contribution in [-0.2, 0) is 27.9 Å². The summed E-state index contributed by atoms with van der Waals surface area (Å²) < 4.78 is 35.0. The lowest BCUT2D eigenvalue weighted by Gasteiger charge is -2.24. The number of hydrogen-bond donors (Lipinski definition) is 1. The van der Waals surface area contributed by atoms with Crippen LogP contribution in [0.4, 0.5) is 0 Å². The van der Waals surface area contributed by atoms with Crippen LogP contribution in [0.2, 0.25) is 0 Å². The van der Waals surface area contributed by atoms with Gasteiger partial charge < -0.3 is 18.9 Å². The largest absolute Gasteiger partial charge is 0.472 e. The summed E-state index contributed by atoms with van der Waals surface area (Å²) in [4.78, 5) is 22.9. The highest BCUT2D eigenvalue weighted by atomic mass is 31.2. The number of carbonyl (C=O) groups excluding carboxylic acids is 1. The molecule has 0 fully saturated rings. The van der Waals surface area contributed by atoms with Gasteiger partial charge in [-0.25, -0.2) is 4.57 Å². The van der Waals surface area contributed by atoms with Gasteiger partial charge in [-0.15, -0.1) is 0 Å².